The van der Waals surface area contributed by atoms with E-state index in [1.165, 1.54) is 17.7 Å². The summed E-state index contributed by atoms with van der Waals surface area (Å²) in [6.07, 6.45) is 0. The largest absolute Gasteiger partial charge is 0.324 e. The minimum Gasteiger partial charge on any atom is -0.324 e. The highest BCUT2D eigenvalue weighted by Crippen LogP contribution is 2.23. The maximum atomic E-state index is 13.0. The third-order valence-corrected chi connectivity index (χ3v) is 3.95. The van der Waals surface area contributed by atoms with Crippen molar-refractivity contribution in [2.45, 2.75) is 32.9 Å². The maximum Gasteiger partial charge on any atom is 0.123 e. The first-order chi connectivity index (χ1) is 10.6. The summed E-state index contributed by atoms with van der Waals surface area (Å²) in [5.74, 6) is 1.09. The second-order valence-electron chi connectivity index (χ2n) is 5.85. The lowest BCUT2D eigenvalue weighted by molar-refractivity contribution is 0.626. The van der Waals surface area contributed by atoms with Gasteiger partial charge in [-0.1, -0.05) is 32.0 Å². The molecule has 1 heterocycles. The predicted octanol–water partition coefficient (Wildman–Crippen LogP) is 3.81. The molecule has 0 saturated carbocycles. The van der Waals surface area contributed by atoms with Crippen LogP contribution in [-0.4, -0.2) is 9.55 Å². The number of imidazole rings is 1. The third kappa shape index (κ3) is 2.74. The second-order valence-corrected chi connectivity index (χ2v) is 5.85. The Hall–Kier alpha value is -2.20. The first kappa shape index (κ1) is 14.7. The number of benzene rings is 2. The Labute approximate surface area is 129 Å². The van der Waals surface area contributed by atoms with Crippen LogP contribution in [0.3, 0.4) is 0 Å². The second kappa shape index (κ2) is 5.89. The summed E-state index contributed by atoms with van der Waals surface area (Å²) in [5, 5.41) is 0. The van der Waals surface area contributed by atoms with Crippen LogP contribution >= 0.6 is 0 Å². The smallest absolute Gasteiger partial charge is 0.123 e. The maximum absolute atomic E-state index is 13.0. The summed E-state index contributed by atoms with van der Waals surface area (Å²) in [5.41, 5.74) is 10.2. The molecule has 0 aliphatic rings. The molecule has 2 aromatic carbocycles. The van der Waals surface area contributed by atoms with Gasteiger partial charge in [0.15, 0.2) is 0 Å². The van der Waals surface area contributed by atoms with Crippen LogP contribution in [0.5, 0.6) is 0 Å². The fourth-order valence-corrected chi connectivity index (χ4v) is 2.66. The van der Waals surface area contributed by atoms with Crippen molar-refractivity contribution >= 4 is 11.0 Å². The van der Waals surface area contributed by atoms with E-state index in [-0.39, 0.29) is 5.82 Å². The number of nitrogens with two attached hydrogens (primary N) is 1. The number of halogens is 1. The lowest BCUT2D eigenvalue weighted by Gasteiger charge is -2.09. The zero-order valence-electron chi connectivity index (χ0n) is 12.9. The quantitative estimate of drug-likeness (QED) is 0.796. The molecule has 4 heteroatoms. The van der Waals surface area contributed by atoms with Gasteiger partial charge >= 0.3 is 0 Å². The molecule has 0 radical (unpaired) electrons. The monoisotopic (exact) mass is 297 g/mol. The molecule has 2 N–H and O–H groups in total. The van der Waals surface area contributed by atoms with Crippen LogP contribution in [0, 0.1) is 5.82 Å². The first-order valence-corrected chi connectivity index (χ1v) is 7.52. The van der Waals surface area contributed by atoms with Gasteiger partial charge in [-0.25, -0.2) is 9.37 Å². The van der Waals surface area contributed by atoms with Gasteiger partial charge in [0, 0.05) is 6.54 Å². The number of hydrogen-bond donors (Lipinski definition) is 1. The van der Waals surface area contributed by atoms with Crippen LogP contribution in [0.15, 0.2) is 42.5 Å². The van der Waals surface area contributed by atoms with Crippen LogP contribution in [0.25, 0.3) is 11.0 Å². The summed E-state index contributed by atoms with van der Waals surface area (Å²) in [6, 6.07) is 12.9. The van der Waals surface area contributed by atoms with Crippen LogP contribution in [0.2, 0.25) is 0 Å². The number of aromatic nitrogens is 2. The molecular formula is C18H20FN3. The normalized spacial score (nSPS) is 11.5. The van der Waals surface area contributed by atoms with Crippen molar-refractivity contribution in [3.8, 4) is 0 Å². The van der Waals surface area contributed by atoms with Crippen LogP contribution in [0.1, 0.15) is 36.7 Å². The van der Waals surface area contributed by atoms with Crippen LogP contribution < -0.4 is 5.73 Å². The lowest BCUT2D eigenvalue weighted by atomic mass is 10.0. The lowest BCUT2D eigenvalue weighted by Crippen LogP contribution is -2.09. The zero-order valence-corrected chi connectivity index (χ0v) is 12.9. The van der Waals surface area contributed by atoms with Gasteiger partial charge in [-0.3, -0.25) is 0 Å². The molecule has 3 rings (SSSR count). The molecule has 1 aromatic heterocycles. The fourth-order valence-electron chi connectivity index (χ4n) is 2.66. The molecule has 0 aliphatic carbocycles. The molecule has 0 saturated heterocycles. The molecule has 3 nitrogen and oxygen atoms in total. The van der Waals surface area contributed by atoms with Gasteiger partial charge in [-0.15, -0.1) is 0 Å². The highest BCUT2D eigenvalue weighted by atomic mass is 19.1. The number of nitrogens with zero attached hydrogens (tertiary/aromatic N) is 2. The van der Waals surface area contributed by atoms with Crippen molar-refractivity contribution < 1.29 is 4.39 Å². The Morgan fingerprint density at radius 3 is 2.50 bits per heavy atom. The molecule has 0 aliphatic heterocycles. The van der Waals surface area contributed by atoms with E-state index in [2.05, 4.69) is 41.6 Å². The molecule has 22 heavy (non-hydrogen) atoms. The standard InChI is InChI=1S/C18H20FN3/c1-12(2)14-5-8-17-16(9-14)21-18(10-20)22(17)11-13-3-6-15(19)7-4-13/h3-9,12H,10-11,20H2,1-2H3. The molecule has 0 atom stereocenters. The number of fused-ring (bicyclic) bond motifs is 1. The molecule has 0 amide bonds. The molecule has 3 aromatic rings. The fraction of sp³-hybridized carbons (Fsp3) is 0.278. The van der Waals surface area contributed by atoms with E-state index in [1.807, 2.05) is 0 Å². The van der Waals surface area contributed by atoms with E-state index in [0.717, 1.165) is 22.4 Å². The summed E-state index contributed by atoms with van der Waals surface area (Å²) in [7, 11) is 0. The van der Waals surface area contributed by atoms with Crippen molar-refractivity contribution in [2.75, 3.05) is 0 Å². The molecule has 0 unspecified atom stereocenters. The number of rotatable bonds is 4. The van der Waals surface area contributed by atoms with E-state index >= 15 is 0 Å². The molecule has 0 spiro atoms. The van der Waals surface area contributed by atoms with E-state index in [1.54, 1.807) is 12.1 Å². The van der Waals surface area contributed by atoms with Gasteiger partial charge in [-0.05, 0) is 41.3 Å². The topological polar surface area (TPSA) is 43.8 Å². The van der Waals surface area contributed by atoms with Crippen molar-refractivity contribution in [3.05, 3.63) is 65.2 Å². The van der Waals surface area contributed by atoms with Gasteiger partial charge in [0.1, 0.15) is 11.6 Å². The molecule has 0 bridgehead atoms. The average molecular weight is 297 g/mol. The molecule has 0 fully saturated rings. The van der Waals surface area contributed by atoms with E-state index < -0.39 is 0 Å². The van der Waals surface area contributed by atoms with Crippen molar-refractivity contribution in [2.24, 2.45) is 5.73 Å². The van der Waals surface area contributed by atoms with E-state index in [4.69, 9.17) is 5.73 Å². The third-order valence-electron chi connectivity index (χ3n) is 3.95. The zero-order chi connectivity index (χ0) is 15.7. The summed E-state index contributed by atoms with van der Waals surface area (Å²) >= 11 is 0. The van der Waals surface area contributed by atoms with Gasteiger partial charge in [0.05, 0.1) is 17.6 Å². The van der Waals surface area contributed by atoms with E-state index in [0.29, 0.717) is 19.0 Å². The minimum atomic E-state index is -0.222. The SMILES string of the molecule is CC(C)c1ccc2c(c1)nc(CN)n2Cc1ccc(F)cc1. The number of hydrogen-bond acceptors (Lipinski definition) is 2. The van der Waals surface area contributed by atoms with Gasteiger partial charge < -0.3 is 10.3 Å². The minimum absolute atomic E-state index is 0.222. The van der Waals surface area contributed by atoms with Crippen molar-refractivity contribution in [3.63, 3.8) is 0 Å². The Bertz CT molecular complexity index is 788. The Morgan fingerprint density at radius 2 is 1.86 bits per heavy atom. The average Bonchev–Trinajstić information content (AvgIpc) is 2.86. The van der Waals surface area contributed by atoms with Crippen LogP contribution in [-0.2, 0) is 13.1 Å². The molecule has 114 valence electrons. The van der Waals surface area contributed by atoms with Crippen molar-refractivity contribution in [1.82, 2.24) is 9.55 Å². The Balaban J connectivity index is 2.05. The summed E-state index contributed by atoms with van der Waals surface area (Å²) in [4.78, 5) is 4.65. The first-order valence-electron chi connectivity index (χ1n) is 7.52. The van der Waals surface area contributed by atoms with Crippen LogP contribution in [0.4, 0.5) is 4.39 Å². The van der Waals surface area contributed by atoms with Gasteiger partial charge in [-0.2, -0.15) is 0 Å². The highest BCUT2D eigenvalue weighted by molar-refractivity contribution is 5.77. The van der Waals surface area contributed by atoms with Gasteiger partial charge in [0.2, 0.25) is 0 Å². The van der Waals surface area contributed by atoms with E-state index in [9.17, 15) is 4.39 Å². The summed E-state index contributed by atoms with van der Waals surface area (Å²) < 4.78 is 15.1. The predicted molar refractivity (Wildman–Crippen MR) is 87.2 cm³/mol. The summed E-state index contributed by atoms with van der Waals surface area (Å²) in [6.45, 7) is 5.36. The molecular weight excluding hydrogens is 277 g/mol. The van der Waals surface area contributed by atoms with Crippen molar-refractivity contribution in [1.29, 1.82) is 0 Å². The Kier molecular flexibility index (Phi) is 3.94. The van der Waals surface area contributed by atoms with Gasteiger partial charge in [0.25, 0.3) is 0 Å². The Morgan fingerprint density at radius 1 is 1.14 bits per heavy atom. The highest BCUT2D eigenvalue weighted by Gasteiger charge is 2.11.